The number of pyridine rings is 1. The molecule has 5 rings (SSSR count). The SMILES string of the molecule is O=S(=O)(c1cnc[nH]1)N1C[C@@H](c2nc(-c3cccnc3)no2)C2(CCOCC2)C1. The van der Waals surface area contributed by atoms with E-state index in [-0.39, 0.29) is 22.9 Å². The number of aromatic amines is 1. The van der Waals surface area contributed by atoms with Gasteiger partial charge in [-0.25, -0.2) is 13.4 Å². The first-order valence-electron chi connectivity index (χ1n) is 9.39. The van der Waals surface area contributed by atoms with Crippen LogP contribution in [0, 0.1) is 5.41 Å². The summed E-state index contributed by atoms with van der Waals surface area (Å²) in [6.45, 7) is 1.82. The fourth-order valence-electron chi connectivity index (χ4n) is 4.24. The molecule has 2 aliphatic rings. The van der Waals surface area contributed by atoms with Crippen molar-refractivity contribution < 1.29 is 17.7 Å². The molecule has 1 spiro atoms. The van der Waals surface area contributed by atoms with Gasteiger partial charge in [0.2, 0.25) is 11.7 Å². The lowest BCUT2D eigenvalue weighted by atomic mass is 9.72. The van der Waals surface area contributed by atoms with Crippen LogP contribution in [0.2, 0.25) is 0 Å². The fraction of sp³-hybridized carbons (Fsp3) is 0.444. The molecule has 0 amide bonds. The third kappa shape index (κ3) is 3.15. The number of ether oxygens (including phenoxy) is 1. The van der Waals surface area contributed by atoms with Crippen molar-refractivity contribution in [3.8, 4) is 11.4 Å². The van der Waals surface area contributed by atoms with Crippen LogP contribution in [0.3, 0.4) is 0 Å². The van der Waals surface area contributed by atoms with Crippen molar-refractivity contribution in [1.82, 2.24) is 29.4 Å². The summed E-state index contributed by atoms with van der Waals surface area (Å²) in [6.07, 6.45) is 7.50. The number of hydrogen-bond acceptors (Lipinski definition) is 8. The first kappa shape index (κ1) is 18.4. The molecule has 0 saturated carbocycles. The number of sulfonamides is 1. The highest BCUT2D eigenvalue weighted by atomic mass is 32.2. The zero-order chi connectivity index (χ0) is 19.9. The lowest BCUT2D eigenvalue weighted by Crippen LogP contribution is -2.37. The van der Waals surface area contributed by atoms with Gasteiger partial charge in [0.15, 0.2) is 5.03 Å². The minimum absolute atomic E-state index is 0.0851. The predicted molar refractivity (Wildman–Crippen MR) is 100 cm³/mol. The molecule has 152 valence electrons. The Labute approximate surface area is 167 Å². The number of imidazole rings is 1. The van der Waals surface area contributed by atoms with E-state index >= 15 is 0 Å². The molecule has 0 unspecified atom stereocenters. The van der Waals surface area contributed by atoms with Gasteiger partial charge in [0, 0.05) is 49.7 Å². The standard InChI is InChI=1S/C18H20N6O4S/c25-29(26,15-9-20-12-21-15)24-10-14(18(11-24)3-6-27-7-4-18)17-22-16(23-28-17)13-2-1-5-19-8-13/h1-2,5,8-9,12,14H,3-4,6-7,10-11H2,(H,20,21)/t14-/m0/s1. The van der Waals surface area contributed by atoms with Crippen LogP contribution in [-0.4, -0.2) is 64.1 Å². The molecular formula is C18H20N6O4S. The highest BCUT2D eigenvalue weighted by molar-refractivity contribution is 7.89. The van der Waals surface area contributed by atoms with Crippen molar-refractivity contribution in [2.75, 3.05) is 26.3 Å². The quantitative estimate of drug-likeness (QED) is 0.677. The van der Waals surface area contributed by atoms with E-state index in [0.717, 1.165) is 18.4 Å². The predicted octanol–water partition coefficient (Wildman–Crippen LogP) is 1.44. The topological polar surface area (TPSA) is 127 Å². The fourth-order valence-corrected chi connectivity index (χ4v) is 5.69. The number of H-pyrrole nitrogens is 1. The molecule has 3 aromatic rings. The van der Waals surface area contributed by atoms with Gasteiger partial charge >= 0.3 is 0 Å². The van der Waals surface area contributed by atoms with E-state index in [1.807, 2.05) is 6.07 Å². The first-order valence-corrected chi connectivity index (χ1v) is 10.8. The van der Waals surface area contributed by atoms with Gasteiger partial charge in [0.05, 0.1) is 18.4 Å². The third-order valence-corrected chi connectivity index (χ3v) is 7.59. The van der Waals surface area contributed by atoms with E-state index in [1.165, 1.54) is 16.8 Å². The Balaban J connectivity index is 1.50. The van der Waals surface area contributed by atoms with Crippen LogP contribution in [0.5, 0.6) is 0 Å². The van der Waals surface area contributed by atoms with Gasteiger partial charge in [0.25, 0.3) is 10.0 Å². The molecule has 2 aliphatic heterocycles. The second kappa shape index (κ2) is 7.01. The average Bonchev–Trinajstić information content (AvgIpc) is 3.50. The summed E-state index contributed by atoms with van der Waals surface area (Å²) in [5.41, 5.74) is 0.452. The van der Waals surface area contributed by atoms with Crippen molar-refractivity contribution in [3.05, 3.63) is 42.9 Å². The van der Waals surface area contributed by atoms with Crippen LogP contribution >= 0.6 is 0 Å². The van der Waals surface area contributed by atoms with Gasteiger partial charge in [0.1, 0.15) is 0 Å². The Morgan fingerprint density at radius 1 is 1.21 bits per heavy atom. The summed E-state index contributed by atoms with van der Waals surface area (Å²) in [5.74, 6) is 0.695. The minimum Gasteiger partial charge on any atom is -0.381 e. The molecule has 0 aromatic carbocycles. The van der Waals surface area contributed by atoms with Crippen LogP contribution < -0.4 is 0 Å². The van der Waals surface area contributed by atoms with E-state index in [0.29, 0.717) is 31.5 Å². The molecule has 0 bridgehead atoms. The molecule has 11 heteroatoms. The van der Waals surface area contributed by atoms with E-state index < -0.39 is 10.0 Å². The van der Waals surface area contributed by atoms with Crippen molar-refractivity contribution in [1.29, 1.82) is 0 Å². The summed E-state index contributed by atoms with van der Waals surface area (Å²) in [7, 11) is -3.68. The van der Waals surface area contributed by atoms with E-state index in [4.69, 9.17) is 9.26 Å². The van der Waals surface area contributed by atoms with Gasteiger partial charge in [-0.2, -0.15) is 9.29 Å². The molecular weight excluding hydrogens is 396 g/mol. The Hall–Kier alpha value is -2.63. The number of nitrogens with one attached hydrogen (secondary N) is 1. The van der Waals surface area contributed by atoms with Crippen molar-refractivity contribution in [2.24, 2.45) is 5.41 Å². The van der Waals surface area contributed by atoms with Gasteiger partial charge in [-0.1, -0.05) is 5.16 Å². The maximum Gasteiger partial charge on any atom is 0.260 e. The summed E-state index contributed by atoms with van der Waals surface area (Å²) in [5, 5.41) is 4.19. The lowest BCUT2D eigenvalue weighted by molar-refractivity contribution is 0.0104. The van der Waals surface area contributed by atoms with Crippen molar-refractivity contribution in [3.63, 3.8) is 0 Å². The molecule has 0 aliphatic carbocycles. The van der Waals surface area contributed by atoms with Gasteiger partial charge in [-0.15, -0.1) is 0 Å². The van der Waals surface area contributed by atoms with E-state index in [9.17, 15) is 8.42 Å². The molecule has 29 heavy (non-hydrogen) atoms. The highest BCUT2D eigenvalue weighted by Crippen LogP contribution is 2.50. The summed E-state index contributed by atoms with van der Waals surface area (Å²) in [4.78, 5) is 15.2. The van der Waals surface area contributed by atoms with Gasteiger partial charge in [-0.3, -0.25) is 4.98 Å². The zero-order valence-electron chi connectivity index (χ0n) is 15.6. The first-order chi connectivity index (χ1) is 14.1. The normalized spacial score (nSPS) is 22.3. The Bertz CT molecular complexity index is 1080. The molecule has 1 N–H and O–H groups in total. The Morgan fingerprint density at radius 3 is 2.79 bits per heavy atom. The van der Waals surface area contributed by atoms with Crippen LogP contribution in [0.4, 0.5) is 0 Å². The van der Waals surface area contributed by atoms with Crippen molar-refractivity contribution in [2.45, 2.75) is 23.8 Å². The second-order valence-corrected chi connectivity index (χ2v) is 9.35. The second-order valence-electron chi connectivity index (χ2n) is 7.44. The van der Waals surface area contributed by atoms with Crippen LogP contribution in [0.1, 0.15) is 24.7 Å². The monoisotopic (exact) mass is 416 g/mol. The molecule has 0 radical (unpaired) electrons. The average molecular weight is 416 g/mol. The molecule has 2 fully saturated rings. The van der Waals surface area contributed by atoms with Gasteiger partial charge < -0.3 is 14.2 Å². The lowest BCUT2D eigenvalue weighted by Gasteiger charge is -2.36. The maximum absolute atomic E-state index is 13.1. The Kier molecular flexibility index (Phi) is 4.45. The number of hydrogen-bond donors (Lipinski definition) is 1. The molecule has 10 nitrogen and oxygen atoms in total. The molecule has 2 saturated heterocycles. The highest BCUT2D eigenvalue weighted by Gasteiger charge is 2.53. The zero-order valence-corrected chi connectivity index (χ0v) is 16.4. The molecule has 5 heterocycles. The summed E-state index contributed by atoms with van der Waals surface area (Å²) >= 11 is 0. The van der Waals surface area contributed by atoms with E-state index in [1.54, 1.807) is 18.5 Å². The molecule has 1 atom stereocenters. The number of aromatic nitrogens is 5. The van der Waals surface area contributed by atoms with E-state index in [2.05, 4.69) is 25.1 Å². The number of rotatable bonds is 4. The van der Waals surface area contributed by atoms with Crippen LogP contribution in [0.25, 0.3) is 11.4 Å². The van der Waals surface area contributed by atoms with Crippen LogP contribution in [-0.2, 0) is 14.8 Å². The Morgan fingerprint density at radius 2 is 2.07 bits per heavy atom. The minimum atomic E-state index is -3.68. The van der Waals surface area contributed by atoms with Crippen LogP contribution in [0.15, 0.2) is 46.6 Å². The summed E-state index contributed by atoms with van der Waals surface area (Å²) in [6, 6.07) is 3.66. The van der Waals surface area contributed by atoms with Gasteiger partial charge in [-0.05, 0) is 25.0 Å². The molecule has 3 aromatic heterocycles. The smallest absolute Gasteiger partial charge is 0.260 e. The van der Waals surface area contributed by atoms with Crippen molar-refractivity contribution >= 4 is 10.0 Å². The third-order valence-electron chi connectivity index (χ3n) is 5.86. The summed E-state index contributed by atoms with van der Waals surface area (Å²) < 4.78 is 38.8. The number of nitrogens with zero attached hydrogens (tertiary/aromatic N) is 5. The maximum atomic E-state index is 13.1. The largest absolute Gasteiger partial charge is 0.381 e.